The first-order valence-electron chi connectivity index (χ1n) is 12.2. The van der Waals surface area contributed by atoms with Gasteiger partial charge in [0.05, 0.1) is 6.61 Å². The number of hydrogen-bond acceptors (Lipinski definition) is 4. The van der Waals surface area contributed by atoms with Crippen LogP contribution in [0.1, 0.15) is 52.0 Å². The summed E-state index contributed by atoms with van der Waals surface area (Å²) in [5.41, 5.74) is 4.74. The molecule has 1 N–H and O–H groups in total. The first-order valence-corrected chi connectivity index (χ1v) is 12.2. The quantitative estimate of drug-likeness (QED) is 0.662. The minimum absolute atomic E-state index is 0.0995. The van der Waals surface area contributed by atoms with Gasteiger partial charge in [0.1, 0.15) is 0 Å². The number of carbonyl (C=O) groups excluding carboxylic acids is 2. The predicted molar refractivity (Wildman–Crippen MR) is 128 cm³/mol. The molecule has 5 rings (SSSR count). The second-order valence-corrected chi connectivity index (χ2v) is 9.47. The van der Waals surface area contributed by atoms with Crippen molar-refractivity contribution in [2.45, 2.75) is 44.2 Å². The van der Waals surface area contributed by atoms with Gasteiger partial charge in [-0.15, -0.1) is 0 Å². The Balaban J connectivity index is 1.25. The molecule has 1 saturated heterocycles. The number of fused-ring (bicyclic) bond motifs is 1. The molecule has 6 heteroatoms. The normalized spacial score (nSPS) is 21.1. The van der Waals surface area contributed by atoms with E-state index >= 15 is 0 Å². The van der Waals surface area contributed by atoms with Crippen molar-refractivity contribution in [2.24, 2.45) is 0 Å². The molecular weight excluding hydrogens is 414 g/mol. The molecule has 0 unspecified atom stereocenters. The monoisotopic (exact) mass is 447 g/mol. The number of benzene rings is 2. The lowest BCUT2D eigenvalue weighted by atomic mass is 9.92. The molecule has 2 aromatic rings. The second-order valence-electron chi connectivity index (χ2n) is 9.47. The molecule has 0 aromatic heterocycles. The smallest absolute Gasteiger partial charge is 0.254 e. The van der Waals surface area contributed by atoms with E-state index in [0.717, 1.165) is 60.8 Å². The van der Waals surface area contributed by atoms with Crippen LogP contribution in [0.3, 0.4) is 0 Å². The Hall–Kier alpha value is -2.70. The number of rotatable bonds is 7. The molecule has 6 nitrogen and oxygen atoms in total. The van der Waals surface area contributed by atoms with Gasteiger partial charge in [-0.2, -0.15) is 0 Å². The van der Waals surface area contributed by atoms with Crippen molar-refractivity contribution in [1.82, 2.24) is 15.1 Å². The SMILES string of the molecule is COCCNC(=O)c1ccc(-c2ccc3c(c2)CCN([C@@H]2CCN(C4CCC4)C2)C3=O)cc1. The molecule has 2 fully saturated rings. The number of methoxy groups -OCH3 is 1. The maximum Gasteiger partial charge on any atom is 0.254 e. The van der Waals surface area contributed by atoms with Gasteiger partial charge in [-0.3, -0.25) is 14.5 Å². The second kappa shape index (κ2) is 9.65. The van der Waals surface area contributed by atoms with Crippen LogP contribution in [0.5, 0.6) is 0 Å². The highest BCUT2D eigenvalue weighted by Crippen LogP contribution is 2.32. The van der Waals surface area contributed by atoms with Crippen molar-refractivity contribution in [3.63, 3.8) is 0 Å². The third-order valence-corrected chi connectivity index (χ3v) is 7.52. The summed E-state index contributed by atoms with van der Waals surface area (Å²) in [6, 6.07) is 14.9. The molecular formula is C27H33N3O3. The zero-order valence-electron chi connectivity index (χ0n) is 19.4. The third kappa shape index (κ3) is 4.55. The number of carbonyl (C=O) groups is 2. The Morgan fingerprint density at radius 2 is 1.82 bits per heavy atom. The molecule has 2 aromatic carbocycles. The Kier molecular flexibility index (Phi) is 6.47. The van der Waals surface area contributed by atoms with Crippen molar-refractivity contribution < 1.29 is 14.3 Å². The minimum Gasteiger partial charge on any atom is -0.383 e. The van der Waals surface area contributed by atoms with E-state index < -0.39 is 0 Å². The fraction of sp³-hybridized carbons (Fsp3) is 0.481. The fourth-order valence-electron chi connectivity index (χ4n) is 5.32. The van der Waals surface area contributed by atoms with E-state index in [1.807, 2.05) is 36.4 Å². The van der Waals surface area contributed by atoms with Crippen LogP contribution in [0, 0.1) is 0 Å². The van der Waals surface area contributed by atoms with Gasteiger partial charge >= 0.3 is 0 Å². The summed E-state index contributed by atoms with van der Waals surface area (Å²) in [5, 5.41) is 2.84. The average molecular weight is 448 g/mol. The van der Waals surface area contributed by atoms with E-state index in [-0.39, 0.29) is 11.8 Å². The lowest BCUT2D eigenvalue weighted by Gasteiger charge is -2.37. The molecule has 33 heavy (non-hydrogen) atoms. The Labute approximate surface area is 195 Å². The van der Waals surface area contributed by atoms with Crippen LogP contribution in [0.25, 0.3) is 11.1 Å². The molecule has 0 radical (unpaired) electrons. The highest BCUT2D eigenvalue weighted by Gasteiger charge is 2.37. The molecule has 1 atom stereocenters. The zero-order chi connectivity index (χ0) is 22.8. The van der Waals surface area contributed by atoms with E-state index in [0.29, 0.717) is 24.8 Å². The Morgan fingerprint density at radius 3 is 2.55 bits per heavy atom. The lowest BCUT2D eigenvalue weighted by molar-refractivity contribution is 0.0646. The van der Waals surface area contributed by atoms with Crippen molar-refractivity contribution >= 4 is 11.8 Å². The average Bonchev–Trinajstić information content (AvgIpc) is 3.27. The molecule has 3 aliphatic rings. The van der Waals surface area contributed by atoms with Crippen molar-refractivity contribution in [2.75, 3.05) is 39.9 Å². The molecule has 1 aliphatic carbocycles. The summed E-state index contributed by atoms with van der Waals surface area (Å²) in [6.45, 7) is 3.96. The molecule has 174 valence electrons. The topological polar surface area (TPSA) is 61.9 Å². The minimum atomic E-state index is -0.0995. The van der Waals surface area contributed by atoms with Gasteiger partial charge < -0.3 is 15.0 Å². The number of nitrogens with zero attached hydrogens (tertiary/aromatic N) is 2. The maximum atomic E-state index is 13.3. The maximum absolute atomic E-state index is 13.3. The summed E-state index contributed by atoms with van der Waals surface area (Å²) in [5.74, 6) is 0.0869. The Morgan fingerprint density at radius 1 is 1.03 bits per heavy atom. The first kappa shape index (κ1) is 22.1. The van der Waals surface area contributed by atoms with Gasteiger partial charge in [0, 0.05) is 56.5 Å². The van der Waals surface area contributed by atoms with Crippen LogP contribution in [0.4, 0.5) is 0 Å². The predicted octanol–water partition coefficient (Wildman–Crippen LogP) is 3.35. The largest absolute Gasteiger partial charge is 0.383 e. The summed E-state index contributed by atoms with van der Waals surface area (Å²) in [4.78, 5) is 30.2. The van der Waals surface area contributed by atoms with E-state index in [4.69, 9.17) is 4.74 Å². The number of hydrogen-bond donors (Lipinski definition) is 1. The number of nitrogens with one attached hydrogen (secondary N) is 1. The molecule has 1 saturated carbocycles. The van der Waals surface area contributed by atoms with E-state index in [1.54, 1.807) is 7.11 Å². The van der Waals surface area contributed by atoms with E-state index in [9.17, 15) is 9.59 Å². The molecule has 0 bridgehead atoms. The van der Waals surface area contributed by atoms with Gasteiger partial charge in [0.15, 0.2) is 0 Å². The van der Waals surface area contributed by atoms with E-state index in [2.05, 4.69) is 21.2 Å². The molecule has 2 aliphatic heterocycles. The van der Waals surface area contributed by atoms with Crippen LogP contribution in [0.15, 0.2) is 42.5 Å². The number of ether oxygens (including phenoxy) is 1. The fourth-order valence-corrected chi connectivity index (χ4v) is 5.32. The van der Waals surface area contributed by atoms with Gasteiger partial charge in [-0.1, -0.05) is 30.7 Å². The first-order chi connectivity index (χ1) is 16.1. The van der Waals surface area contributed by atoms with E-state index in [1.165, 1.54) is 19.3 Å². The summed E-state index contributed by atoms with van der Waals surface area (Å²) < 4.78 is 4.97. The lowest BCUT2D eigenvalue weighted by Crippen LogP contribution is -2.47. The van der Waals surface area contributed by atoms with Crippen LogP contribution in [0.2, 0.25) is 0 Å². The standard InChI is InChI=1S/C27H33N3O3/c1-33-16-13-28-26(31)20-7-5-19(6-8-20)21-9-10-25-22(17-21)11-15-30(27(25)32)24-12-14-29(18-24)23-3-2-4-23/h5-10,17,23-24H,2-4,11-16,18H2,1H3,(H,28,31)/t24-/m1/s1. The summed E-state index contributed by atoms with van der Waals surface area (Å²) in [6.07, 6.45) is 6.00. The molecule has 2 amide bonds. The summed E-state index contributed by atoms with van der Waals surface area (Å²) >= 11 is 0. The zero-order valence-corrected chi connectivity index (χ0v) is 19.4. The summed E-state index contributed by atoms with van der Waals surface area (Å²) in [7, 11) is 1.61. The van der Waals surface area contributed by atoms with Crippen molar-refractivity contribution in [1.29, 1.82) is 0 Å². The molecule has 2 heterocycles. The van der Waals surface area contributed by atoms with Gasteiger partial charge in [-0.25, -0.2) is 0 Å². The molecule has 0 spiro atoms. The van der Waals surface area contributed by atoms with Gasteiger partial charge in [-0.05, 0) is 60.6 Å². The highest BCUT2D eigenvalue weighted by molar-refractivity contribution is 5.98. The van der Waals surface area contributed by atoms with Crippen LogP contribution >= 0.6 is 0 Å². The number of likely N-dealkylation sites (tertiary alicyclic amines) is 1. The van der Waals surface area contributed by atoms with Crippen LogP contribution < -0.4 is 5.32 Å². The van der Waals surface area contributed by atoms with Crippen molar-refractivity contribution in [3.8, 4) is 11.1 Å². The third-order valence-electron chi connectivity index (χ3n) is 7.52. The number of amides is 2. The highest BCUT2D eigenvalue weighted by atomic mass is 16.5. The Bertz CT molecular complexity index is 1020. The van der Waals surface area contributed by atoms with Crippen LogP contribution in [-0.2, 0) is 11.2 Å². The van der Waals surface area contributed by atoms with Crippen LogP contribution in [-0.4, -0.2) is 73.6 Å². The van der Waals surface area contributed by atoms with Gasteiger partial charge in [0.2, 0.25) is 0 Å². The van der Waals surface area contributed by atoms with Crippen molar-refractivity contribution in [3.05, 3.63) is 59.2 Å². The van der Waals surface area contributed by atoms with Gasteiger partial charge in [0.25, 0.3) is 11.8 Å².